The number of nitrogens with one attached hydrogen (secondary N) is 2. The van der Waals surface area contributed by atoms with Crippen molar-refractivity contribution in [2.24, 2.45) is 5.73 Å². The molecule has 0 bridgehead atoms. The molecular formula is C11H12N4O3. The lowest BCUT2D eigenvalue weighted by atomic mass is 10.2. The van der Waals surface area contributed by atoms with Crippen LogP contribution in [0.4, 0.5) is 0 Å². The monoisotopic (exact) mass is 248 g/mol. The molecule has 1 aliphatic heterocycles. The first kappa shape index (κ1) is 11.0. The molecule has 18 heavy (non-hydrogen) atoms. The highest BCUT2D eigenvalue weighted by Gasteiger charge is 2.21. The van der Waals surface area contributed by atoms with Crippen LogP contribution < -0.4 is 16.6 Å². The molecule has 3 rings (SSSR count). The van der Waals surface area contributed by atoms with E-state index in [9.17, 15) is 9.59 Å². The van der Waals surface area contributed by atoms with Crippen molar-refractivity contribution in [1.29, 1.82) is 0 Å². The van der Waals surface area contributed by atoms with Gasteiger partial charge in [-0.2, -0.15) is 0 Å². The number of carbonyl (C=O) groups is 1. The third-order valence-electron chi connectivity index (χ3n) is 3.05. The van der Waals surface area contributed by atoms with Gasteiger partial charge in [0.1, 0.15) is 6.17 Å². The normalized spacial score (nSPS) is 19.4. The lowest BCUT2D eigenvalue weighted by molar-refractivity contribution is 0.100. The summed E-state index contributed by atoms with van der Waals surface area (Å²) in [7, 11) is 0. The third kappa shape index (κ3) is 1.52. The molecule has 1 atom stereocenters. The summed E-state index contributed by atoms with van der Waals surface area (Å²) in [5.41, 5.74) is 5.92. The molecule has 0 radical (unpaired) electrons. The van der Waals surface area contributed by atoms with Crippen molar-refractivity contribution in [2.45, 2.75) is 6.17 Å². The molecule has 0 spiro atoms. The van der Waals surface area contributed by atoms with Crippen molar-refractivity contribution in [3.63, 3.8) is 0 Å². The zero-order chi connectivity index (χ0) is 12.7. The summed E-state index contributed by atoms with van der Waals surface area (Å²) in [6.45, 7) is 0.766. The van der Waals surface area contributed by atoms with Gasteiger partial charge in [-0.3, -0.25) is 19.5 Å². The number of nitrogens with zero attached hydrogens (tertiary/aromatic N) is 1. The summed E-state index contributed by atoms with van der Waals surface area (Å²) in [4.78, 5) is 26.5. The van der Waals surface area contributed by atoms with E-state index in [0.29, 0.717) is 29.8 Å². The fourth-order valence-corrected chi connectivity index (χ4v) is 2.15. The van der Waals surface area contributed by atoms with E-state index in [4.69, 9.17) is 10.5 Å². The van der Waals surface area contributed by atoms with E-state index in [0.717, 1.165) is 0 Å². The molecule has 1 amide bonds. The van der Waals surface area contributed by atoms with Crippen LogP contribution in [-0.2, 0) is 4.74 Å². The fraction of sp³-hybridized carbons (Fsp3) is 0.273. The van der Waals surface area contributed by atoms with Crippen LogP contribution in [0.15, 0.2) is 23.3 Å². The van der Waals surface area contributed by atoms with Crippen LogP contribution in [0.3, 0.4) is 0 Å². The van der Waals surface area contributed by atoms with Gasteiger partial charge >= 0.3 is 0 Å². The van der Waals surface area contributed by atoms with Crippen LogP contribution in [0.5, 0.6) is 0 Å². The van der Waals surface area contributed by atoms with Crippen molar-refractivity contribution in [3.05, 3.63) is 34.4 Å². The van der Waals surface area contributed by atoms with E-state index in [1.165, 1.54) is 10.8 Å². The Hall–Kier alpha value is -2.12. The van der Waals surface area contributed by atoms with Crippen molar-refractivity contribution in [3.8, 4) is 0 Å². The Kier molecular flexibility index (Phi) is 2.42. The van der Waals surface area contributed by atoms with Gasteiger partial charge in [-0.25, -0.2) is 0 Å². The highest BCUT2D eigenvalue weighted by atomic mass is 16.5. The maximum Gasteiger partial charge on any atom is 0.261 e. The van der Waals surface area contributed by atoms with Crippen LogP contribution in [-0.4, -0.2) is 28.8 Å². The largest absolute Gasteiger partial charge is 0.365 e. The molecule has 7 nitrogen and oxygen atoms in total. The van der Waals surface area contributed by atoms with Gasteiger partial charge in [-0.1, -0.05) is 0 Å². The Bertz CT molecular complexity index is 666. The minimum atomic E-state index is -0.574. The van der Waals surface area contributed by atoms with E-state index >= 15 is 0 Å². The summed E-state index contributed by atoms with van der Waals surface area (Å²) in [5, 5.41) is 3.46. The Morgan fingerprint density at radius 1 is 1.56 bits per heavy atom. The summed E-state index contributed by atoms with van der Waals surface area (Å²) >= 11 is 0. The van der Waals surface area contributed by atoms with Crippen LogP contribution in [0.2, 0.25) is 0 Å². The average molecular weight is 248 g/mol. The van der Waals surface area contributed by atoms with Crippen molar-refractivity contribution < 1.29 is 9.53 Å². The predicted molar refractivity (Wildman–Crippen MR) is 64.1 cm³/mol. The topological polar surface area (TPSA) is 102 Å². The highest BCUT2D eigenvalue weighted by molar-refractivity contribution is 6.04. The number of H-pyrrole nitrogens is 1. The molecule has 0 saturated carbocycles. The Balaban J connectivity index is 2.28. The molecule has 1 saturated heterocycles. The average Bonchev–Trinajstić information content (AvgIpc) is 2.99. The zero-order valence-corrected chi connectivity index (χ0v) is 9.47. The number of aromatic nitrogens is 2. The molecule has 2 aromatic heterocycles. The van der Waals surface area contributed by atoms with Crippen LogP contribution in [0, 0.1) is 0 Å². The molecule has 1 fully saturated rings. The van der Waals surface area contributed by atoms with Crippen molar-refractivity contribution in [1.82, 2.24) is 14.9 Å². The smallest absolute Gasteiger partial charge is 0.261 e. The number of hydrogen-bond donors (Lipinski definition) is 3. The van der Waals surface area contributed by atoms with Gasteiger partial charge < -0.3 is 15.5 Å². The van der Waals surface area contributed by atoms with Gasteiger partial charge in [0.25, 0.3) is 11.5 Å². The number of ether oxygens (including phenoxy) is 1. The van der Waals surface area contributed by atoms with Gasteiger partial charge in [0, 0.05) is 12.4 Å². The van der Waals surface area contributed by atoms with E-state index in [-0.39, 0.29) is 11.7 Å². The van der Waals surface area contributed by atoms with Crippen LogP contribution >= 0.6 is 0 Å². The van der Waals surface area contributed by atoms with Crippen LogP contribution in [0.1, 0.15) is 16.5 Å². The Labute approximate surface area is 102 Å². The number of aromatic amines is 1. The third-order valence-corrected chi connectivity index (χ3v) is 3.05. The number of nitrogens with two attached hydrogens (primary N) is 1. The number of pyridine rings is 1. The second-order valence-corrected chi connectivity index (χ2v) is 4.12. The molecule has 0 aromatic carbocycles. The maximum atomic E-state index is 12.2. The van der Waals surface area contributed by atoms with Gasteiger partial charge in [-0.15, -0.1) is 0 Å². The lowest BCUT2D eigenvalue weighted by Crippen LogP contribution is -2.32. The molecule has 1 unspecified atom stereocenters. The lowest BCUT2D eigenvalue weighted by Gasteiger charge is -2.14. The van der Waals surface area contributed by atoms with E-state index < -0.39 is 5.91 Å². The molecule has 7 heteroatoms. The SMILES string of the molecule is NC(=O)c1cn(C2COCN2)c(=O)c2cc[nH]c12. The molecule has 2 aromatic rings. The van der Waals surface area contributed by atoms with Gasteiger partial charge in [0.05, 0.1) is 29.8 Å². The summed E-state index contributed by atoms with van der Waals surface area (Å²) in [5.74, 6) is -0.574. The number of carbonyl (C=O) groups excluding carboxylic acids is 1. The first-order valence-electron chi connectivity index (χ1n) is 5.51. The van der Waals surface area contributed by atoms with E-state index in [1.807, 2.05) is 0 Å². The molecule has 4 N–H and O–H groups in total. The Morgan fingerprint density at radius 3 is 3.06 bits per heavy atom. The number of fused-ring (bicyclic) bond motifs is 1. The molecule has 1 aliphatic rings. The zero-order valence-electron chi connectivity index (χ0n) is 9.47. The first-order valence-corrected chi connectivity index (χ1v) is 5.51. The van der Waals surface area contributed by atoms with Gasteiger partial charge in [-0.05, 0) is 6.07 Å². The highest BCUT2D eigenvalue weighted by Crippen LogP contribution is 2.16. The molecule has 94 valence electrons. The van der Waals surface area contributed by atoms with E-state index in [2.05, 4.69) is 10.3 Å². The van der Waals surface area contributed by atoms with Crippen molar-refractivity contribution in [2.75, 3.05) is 13.3 Å². The predicted octanol–water partition coefficient (Wildman–Crippen LogP) is -0.496. The number of hydrogen-bond acceptors (Lipinski definition) is 4. The van der Waals surface area contributed by atoms with Crippen molar-refractivity contribution >= 4 is 16.8 Å². The first-order chi connectivity index (χ1) is 8.68. The van der Waals surface area contributed by atoms with Crippen LogP contribution in [0.25, 0.3) is 10.9 Å². The second-order valence-electron chi connectivity index (χ2n) is 4.12. The molecule has 0 aliphatic carbocycles. The van der Waals surface area contributed by atoms with Gasteiger partial charge in [0.2, 0.25) is 0 Å². The van der Waals surface area contributed by atoms with E-state index in [1.54, 1.807) is 12.3 Å². The van der Waals surface area contributed by atoms with Gasteiger partial charge in [0.15, 0.2) is 0 Å². The summed E-state index contributed by atoms with van der Waals surface area (Å²) < 4.78 is 6.61. The Morgan fingerprint density at radius 2 is 2.39 bits per heavy atom. The quantitative estimate of drug-likeness (QED) is 0.667. The molecule has 3 heterocycles. The standard InChI is InChI=1S/C11H12N4O3/c12-10(16)7-3-15(8-4-18-5-14-8)11(17)6-1-2-13-9(6)7/h1-3,8,13-14H,4-5H2,(H2,12,16). The molecular weight excluding hydrogens is 236 g/mol. The number of rotatable bonds is 2. The second kappa shape index (κ2) is 3.97. The maximum absolute atomic E-state index is 12.2. The summed E-state index contributed by atoms with van der Waals surface area (Å²) in [6, 6.07) is 1.64. The minimum Gasteiger partial charge on any atom is -0.365 e. The fourth-order valence-electron chi connectivity index (χ4n) is 2.15. The number of amides is 1. The minimum absolute atomic E-state index is 0.181. The summed E-state index contributed by atoms with van der Waals surface area (Å²) in [6.07, 6.45) is 2.81. The number of primary amides is 1.